The maximum absolute atomic E-state index is 5.36. The molecule has 1 heteroatoms. The molecule has 1 nitrogen and oxygen atoms in total. The molecule has 33 heavy (non-hydrogen) atoms. The average molecular weight is 426 g/mol. The highest BCUT2D eigenvalue weighted by Gasteiger charge is 2.15. The van der Waals surface area contributed by atoms with Crippen molar-refractivity contribution in [1.29, 1.82) is 0 Å². The van der Waals surface area contributed by atoms with Gasteiger partial charge in [-0.15, -0.1) is 0 Å². The number of hydrogen-bond donors (Lipinski definition) is 1. The highest BCUT2D eigenvalue weighted by molar-refractivity contribution is 6.04. The van der Waals surface area contributed by atoms with Crippen LogP contribution in [0.25, 0.3) is 11.1 Å². The fourth-order valence-electron chi connectivity index (χ4n) is 3.78. The van der Waals surface area contributed by atoms with Gasteiger partial charge in [-0.1, -0.05) is 140 Å². The van der Waals surface area contributed by atoms with E-state index in [1.54, 1.807) is 0 Å². The van der Waals surface area contributed by atoms with Crippen LogP contribution in [-0.2, 0) is 0 Å². The monoisotopic (exact) mass is 425 g/mol. The molecule has 0 aliphatic rings. The van der Waals surface area contributed by atoms with E-state index in [1.165, 1.54) is 33.4 Å². The van der Waals surface area contributed by atoms with Gasteiger partial charge in [-0.05, 0) is 45.5 Å². The SMILES string of the molecule is Nc1ccccc1.c1ccc(C(=C(c2ccccc2)c2ccccc2)c2ccccc2)cc1. The van der Waals surface area contributed by atoms with Crippen molar-refractivity contribution in [3.8, 4) is 0 Å². The van der Waals surface area contributed by atoms with Gasteiger partial charge in [0.05, 0.1) is 0 Å². The van der Waals surface area contributed by atoms with Gasteiger partial charge in [0.15, 0.2) is 0 Å². The lowest BCUT2D eigenvalue weighted by molar-refractivity contribution is 1.50. The molecular weight excluding hydrogens is 398 g/mol. The normalized spacial score (nSPS) is 9.94. The second-order valence-electron chi connectivity index (χ2n) is 7.62. The Hall–Kier alpha value is -4.36. The first-order valence-electron chi connectivity index (χ1n) is 11.1. The van der Waals surface area contributed by atoms with Crippen molar-refractivity contribution in [1.82, 2.24) is 0 Å². The lowest BCUT2D eigenvalue weighted by Gasteiger charge is -2.18. The predicted octanol–water partition coefficient (Wildman–Crippen LogP) is 7.96. The molecule has 2 N–H and O–H groups in total. The minimum Gasteiger partial charge on any atom is -0.399 e. The Morgan fingerprint density at radius 3 is 0.697 bits per heavy atom. The number of hydrogen-bond acceptors (Lipinski definition) is 1. The Bertz CT molecular complexity index is 1090. The molecule has 0 amide bonds. The quantitative estimate of drug-likeness (QED) is 0.229. The number of rotatable bonds is 4. The lowest BCUT2D eigenvalue weighted by atomic mass is 9.86. The molecule has 0 atom stereocenters. The Balaban J connectivity index is 0.000000318. The van der Waals surface area contributed by atoms with Crippen LogP contribution in [0.4, 0.5) is 5.69 Å². The molecule has 160 valence electrons. The van der Waals surface area contributed by atoms with Crippen LogP contribution in [0.3, 0.4) is 0 Å². The van der Waals surface area contributed by atoms with Crippen molar-refractivity contribution in [2.75, 3.05) is 5.73 Å². The Morgan fingerprint density at radius 2 is 0.515 bits per heavy atom. The summed E-state index contributed by atoms with van der Waals surface area (Å²) in [6.07, 6.45) is 0. The van der Waals surface area contributed by atoms with E-state index in [4.69, 9.17) is 5.73 Å². The van der Waals surface area contributed by atoms with Gasteiger partial charge in [-0.2, -0.15) is 0 Å². The maximum Gasteiger partial charge on any atom is 0.0313 e. The van der Waals surface area contributed by atoms with Gasteiger partial charge in [-0.3, -0.25) is 0 Å². The summed E-state index contributed by atoms with van der Waals surface area (Å²) in [4.78, 5) is 0. The summed E-state index contributed by atoms with van der Waals surface area (Å²) in [5.41, 5.74) is 13.6. The first kappa shape index (κ1) is 21.9. The van der Waals surface area contributed by atoms with Crippen LogP contribution < -0.4 is 5.73 Å². The molecule has 0 aromatic heterocycles. The molecule has 0 heterocycles. The lowest BCUT2D eigenvalue weighted by Crippen LogP contribution is -1.97. The van der Waals surface area contributed by atoms with Crippen LogP contribution in [-0.4, -0.2) is 0 Å². The van der Waals surface area contributed by atoms with Crippen molar-refractivity contribution >= 4 is 16.8 Å². The third kappa shape index (κ3) is 5.87. The number of benzene rings is 5. The highest BCUT2D eigenvalue weighted by Crippen LogP contribution is 2.36. The molecule has 0 radical (unpaired) electrons. The molecule has 0 saturated heterocycles. The van der Waals surface area contributed by atoms with Crippen molar-refractivity contribution in [2.45, 2.75) is 0 Å². The van der Waals surface area contributed by atoms with Gasteiger partial charge in [0.1, 0.15) is 0 Å². The summed E-state index contributed by atoms with van der Waals surface area (Å²) in [5.74, 6) is 0. The Labute approximate surface area is 196 Å². The zero-order valence-electron chi connectivity index (χ0n) is 18.5. The maximum atomic E-state index is 5.36. The summed E-state index contributed by atoms with van der Waals surface area (Å²) in [5, 5.41) is 0. The van der Waals surface area contributed by atoms with E-state index in [0.717, 1.165) is 5.69 Å². The third-order valence-electron chi connectivity index (χ3n) is 5.30. The van der Waals surface area contributed by atoms with Crippen LogP contribution in [0.2, 0.25) is 0 Å². The minimum atomic E-state index is 0.822. The topological polar surface area (TPSA) is 26.0 Å². The molecule has 5 rings (SSSR count). The van der Waals surface area contributed by atoms with E-state index in [0.29, 0.717) is 0 Å². The number of para-hydroxylation sites is 1. The first-order chi connectivity index (χ1) is 16.3. The van der Waals surface area contributed by atoms with Gasteiger partial charge < -0.3 is 5.73 Å². The molecule has 0 saturated carbocycles. The van der Waals surface area contributed by atoms with Crippen molar-refractivity contribution in [3.05, 3.63) is 174 Å². The van der Waals surface area contributed by atoms with E-state index in [9.17, 15) is 0 Å². The first-order valence-corrected chi connectivity index (χ1v) is 11.1. The van der Waals surface area contributed by atoms with Crippen molar-refractivity contribution in [3.63, 3.8) is 0 Å². The number of anilines is 1. The molecule has 0 bridgehead atoms. The van der Waals surface area contributed by atoms with E-state index >= 15 is 0 Å². The highest BCUT2D eigenvalue weighted by atomic mass is 14.5. The predicted molar refractivity (Wildman–Crippen MR) is 142 cm³/mol. The second kappa shape index (κ2) is 11.3. The van der Waals surface area contributed by atoms with Crippen LogP contribution in [0.15, 0.2) is 152 Å². The van der Waals surface area contributed by atoms with Gasteiger partial charge >= 0.3 is 0 Å². The minimum absolute atomic E-state index is 0.822. The summed E-state index contributed by atoms with van der Waals surface area (Å²) in [6.45, 7) is 0. The molecule has 0 fully saturated rings. The average Bonchev–Trinajstić information content (AvgIpc) is 2.90. The largest absolute Gasteiger partial charge is 0.399 e. The summed E-state index contributed by atoms with van der Waals surface area (Å²) < 4.78 is 0. The molecular formula is C32H27N. The van der Waals surface area contributed by atoms with Crippen LogP contribution in [0.1, 0.15) is 22.3 Å². The third-order valence-corrected chi connectivity index (χ3v) is 5.30. The number of nitrogen functional groups attached to an aromatic ring is 1. The van der Waals surface area contributed by atoms with Crippen LogP contribution >= 0.6 is 0 Å². The van der Waals surface area contributed by atoms with Gasteiger partial charge in [0, 0.05) is 5.69 Å². The Kier molecular flexibility index (Phi) is 7.49. The molecule has 5 aromatic rings. The summed E-state index contributed by atoms with van der Waals surface area (Å²) in [6, 6.07) is 52.1. The molecule has 0 spiro atoms. The fraction of sp³-hybridized carbons (Fsp3) is 0. The van der Waals surface area contributed by atoms with Gasteiger partial charge in [0.2, 0.25) is 0 Å². The molecule has 0 aliphatic carbocycles. The zero-order valence-corrected chi connectivity index (χ0v) is 18.5. The number of nitrogens with two attached hydrogens (primary N) is 1. The molecule has 5 aromatic carbocycles. The van der Waals surface area contributed by atoms with E-state index in [1.807, 2.05) is 30.3 Å². The molecule has 0 unspecified atom stereocenters. The van der Waals surface area contributed by atoms with Crippen LogP contribution in [0, 0.1) is 0 Å². The Morgan fingerprint density at radius 1 is 0.303 bits per heavy atom. The smallest absolute Gasteiger partial charge is 0.0313 e. The summed E-state index contributed by atoms with van der Waals surface area (Å²) in [7, 11) is 0. The second-order valence-corrected chi connectivity index (χ2v) is 7.62. The van der Waals surface area contributed by atoms with E-state index in [-0.39, 0.29) is 0 Å². The fourth-order valence-corrected chi connectivity index (χ4v) is 3.78. The standard InChI is InChI=1S/C26H20.C6H7N/c1-5-13-21(14-6-1)25(22-15-7-2-8-16-22)26(23-17-9-3-10-18-23)24-19-11-4-12-20-24;7-6-4-2-1-3-5-6/h1-20H;1-5H,7H2. The molecule has 0 aliphatic heterocycles. The summed E-state index contributed by atoms with van der Waals surface area (Å²) >= 11 is 0. The van der Waals surface area contributed by atoms with E-state index in [2.05, 4.69) is 121 Å². The van der Waals surface area contributed by atoms with Crippen molar-refractivity contribution < 1.29 is 0 Å². The van der Waals surface area contributed by atoms with Crippen molar-refractivity contribution in [2.24, 2.45) is 0 Å². The van der Waals surface area contributed by atoms with E-state index < -0.39 is 0 Å². The van der Waals surface area contributed by atoms with Crippen LogP contribution in [0.5, 0.6) is 0 Å². The van der Waals surface area contributed by atoms with Gasteiger partial charge in [-0.25, -0.2) is 0 Å². The van der Waals surface area contributed by atoms with Gasteiger partial charge in [0.25, 0.3) is 0 Å². The zero-order chi connectivity index (χ0) is 22.7.